The molecule has 146 valence electrons. The van der Waals surface area contributed by atoms with Crippen LogP contribution < -0.4 is 14.2 Å². The van der Waals surface area contributed by atoms with Gasteiger partial charge in [-0.25, -0.2) is 4.79 Å². The molecule has 3 rings (SSSR count). The van der Waals surface area contributed by atoms with Gasteiger partial charge in [-0.15, -0.1) is 0 Å². The summed E-state index contributed by atoms with van der Waals surface area (Å²) in [5, 5.41) is 0. The molecular weight excluding hydrogens is 364 g/mol. The van der Waals surface area contributed by atoms with Gasteiger partial charge in [0.05, 0.1) is 19.6 Å². The summed E-state index contributed by atoms with van der Waals surface area (Å²) in [5.74, 6) is -1.36. The number of fused-ring (bicyclic) bond motifs is 1. The third kappa shape index (κ3) is 4.14. The van der Waals surface area contributed by atoms with Crippen molar-refractivity contribution in [2.75, 3.05) is 20.5 Å². The van der Waals surface area contributed by atoms with Crippen molar-refractivity contribution in [1.29, 1.82) is 0 Å². The van der Waals surface area contributed by atoms with Crippen LogP contribution in [0, 0.1) is 0 Å². The summed E-state index contributed by atoms with van der Waals surface area (Å²) in [6.07, 6.45) is -0.177. The number of ketones is 2. The third-order valence-electron chi connectivity index (χ3n) is 4.39. The molecule has 1 aliphatic heterocycles. The van der Waals surface area contributed by atoms with E-state index in [1.807, 2.05) is 0 Å². The molecule has 0 fully saturated rings. The second kappa shape index (κ2) is 8.56. The van der Waals surface area contributed by atoms with Crippen LogP contribution in [0.15, 0.2) is 42.5 Å². The molecule has 0 spiro atoms. The van der Waals surface area contributed by atoms with Crippen LogP contribution >= 0.6 is 0 Å². The van der Waals surface area contributed by atoms with Crippen LogP contribution in [0.1, 0.15) is 35.2 Å². The van der Waals surface area contributed by atoms with Crippen LogP contribution in [0.2, 0.25) is 0 Å². The molecule has 1 atom stereocenters. The number of hydrogen-bond donors (Lipinski definition) is 0. The average Bonchev–Trinajstić information content (AvgIpc) is 3.19. The first kappa shape index (κ1) is 19.4. The largest absolute Gasteiger partial charge is 0.497 e. The van der Waals surface area contributed by atoms with E-state index in [-0.39, 0.29) is 25.6 Å². The van der Waals surface area contributed by atoms with Crippen LogP contribution in [-0.4, -0.2) is 38.0 Å². The zero-order chi connectivity index (χ0) is 20.1. The van der Waals surface area contributed by atoms with Crippen LogP contribution in [0.4, 0.5) is 0 Å². The predicted octanol–water partition coefficient (Wildman–Crippen LogP) is 2.91. The van der Waals surface area contributed by atoms with Crippen molar-refractivity contribution >= 4 is 17.5 Å². The van der Waals surface area contributed by atoms with Gasteiger partial charge in [-0.3, -0.25) is 9.59 Å². The second-order valence-corrected chi connectivity index (χ2v) is 6.11. The van der Waals surface area contributed by atoms with Crippen LogP contribution in [0.5, 0.6) is 17.2 Å². The Bertz CT molecular complexity index is 886. The number of rotatable bonds is 8. The number of esters is 1. The Labute approximate surface area is 162 Å². The quantitative estimate of drug-likeness (QED) is 0.393. The minimum Gasteiger partial charge on any atom is -0.497 e. The SMILES string of the molecule is CCOC(=O)C(=O)C(CC(=O)c1ccc(OC)cc1)c1ccc2c(c1)OCO2. The van der Waals surface area contributed by atoms with Gasteiger partial charge in [0.25, 0.3) is 0 Å². The first-order valence-electron chi connectivity index (χ1n) is 8.81. The fourth-order valence-corrected chi connectivity index (χ4v) is 2.92. The maximum absolute atomic E-state index is 12.7. The van der Waals surface area contributed by atoms with Gasteiger partial charge in [0.1, 0.15) is 5.75 Å². The molecule has 0 radical (unpaired) electrons. The molecule has 0 bridgehead atoms. The molecule has 1 unspecified atom stereocenters. The lowest BCUT2D eigenvalue weighted by Gasteiger charge is -2.15. The molecule has 0 amide bonds. The van der Waals surface area contributed by atoms with Gasteiger partial charge >= 0.3 is 5.97 Å². The summed E-state index contributed by atoms with van der Waals surface area (Å²) >= 11 is 0. The lowest BCUT2D eigenvalue weighted by molar-refractivity contribution is -0.154. The standard InChI is InChI=1S/C21H20O7/c1-3-26-21(24)20(23)16(14-6-9-18-19(10-14)28-12-27-18)11-17(22)13-4-7-15(25-2)8-5-13/h4-10,16H,3,11-12H2,1-2H3. The summed E-state index contributed by atoms with van der Waals surface area (Å²) in [6.45, 7) is 1.77. The number of benzene rings is 2. The molecule has 1 aliphatic rings. The van der Waals surface area contributed by atoms with Gasteiger partial charge in [0.15, 0.2) is 17.3 Å². The van der Waals surface area contributed by atoms with Gasteiger partial charge in [-0.1, -0.05) is 6.07 Å². The second-order valence-electron chi connectivity index (χ2n) is 6.11. The number of methoxy groups -OCH3 is 1. The molecule has 7 nitrogen and oxygen atoms in total. The zero-order valence-electron chi connectivity index (χ0n) is 15.6. The summed E-state index contributed by atoms with van der Waals surface area (Å²) in [5.41, 5.74) is 0.910. The Morgan fingerprint density at radius 3 is 2.43 bits per heavy atom. The molecular formula is C21H20O7. The van der Waals surface area contributed by atoms with Gasteiger partial charge in [0.2, 0.25) is 12.6 Å². The molecule has 1 heterocycles. The average molecular weight is 384 g/mol. The highest BCUT2D eigenvalue weighted by Gasteiger charge is 2.31. The van der Waals surface area contributed by atoms with Crippen molar-refractivity contribution in [3.63, 3.8) is 0 Å². The topological polar surface area (TPSA) is 88.1 Å². The lowest BCUT2D eigenvalue weighted by Crippen LogP contribution is -2.26. The monoisotopic (exact) mass is 384 g/mol. The Morgan fingerprint density at radius 2 is 1.75 bits per heavy atom. The Morgan fingerprint density at radius 1 is 1.04 bits per heavy atom. The summed E-state index contributed by atoms with van der Waals surface area (Å²) < 4.78 is 20.5. The number of ether oxygens (including phenoxy) is 4. The van der Waals surface area contributed by atoms with Crippen LogP contribution in [-0.2, 0) is 14.3 Å². The van der Waals surface area contributed by atoms with E-state index in [2.05, 4.69) is 0 Å². The number of carbonyl (C=O) groups is 3. The summed E-state index contributed by atoms with van der Waals surface area (Å²) in [6, 6.07) is 11.5. The fourth-order valence-electron chi connectivity index (χ4n) is 2.92. The van der Waals surface area contributed by atoms with E-state index < -0.39 is 17.7 Å². The number of carbonyl (C=O) groups excluding carboxylic acids is 3. The molecule has 0 aliphatic carbocycles. The van der Waals surface area contributed by atoms with E-state index in [0.29, 0.717) is 28.4 Å². The van der Waals surface area contributed by atoms with E-state index in [4.69, 9.17) is 18.9 Å². The summed E-state index contributed by atoms with van der Waals surface area (Å²) in [4.78, 5) is 37.5. The van der Waals surface area contributed by atoms with Crippen molar-refractivity contribution in [3.05, 3.63) is 53.6 Å². The van der Waals surface area contributed by atoms with Gasteiger partial charge in [0, 0.05) is 12.0 Å². The highest BCUT2D eigenvalue weighted by Crippen LogP contribution is 2.36. The van der Waals surface area contributed by atoms with Crippen LogP contribution in [0.3, 0.4) is 0 Å². The zero-order valence-corrected chi connectivity index (χ0v) is 15.6. The van der Waals surface area contributed by atoms with Crippen molar-refractivity contribution in [3.8, 4) is 17.2 Å². The van der Waals surface area contributed by atoms with E-state index in [1.165, 1.54) is 7.11 Å². The third-order valence-corrected chi connectivity index (χ3v) is 4.39. The maximum Gasteiger partial charge on any atom is 0.375 e. The molecule has 0 aromatic heterocycles. The smallest absolute Gasteiger partial charge is 0.375 e. The van der Waals surface area contributed by atoms with Gasteiger partial charge < -0.3 is 18.9 Å². The highest BCUT2D eigenvalue weighted by molar-refractivity contribution is 6.36. The van der Waals surface area contributed by atoms with Crippen molar-refractivity contribution in [2.24, 2.45) is 0 Å². The molecule has 0 saturated heterocycles. The van der Waals surface area contributed by atoms with E-state index in [0.717, 1.165) is 0 Å². The molecule has 2 aromatic carbocycles. The summed E-state index contributed by atoms with van der Waals surface area (Å²) in [7, 11) is 1.53. The maximum atomic E-state index is 12.7. The van der Waals surface area contributed by atoms with E-state index in [9.17, 15) is 14.4 Å². The van der Waals surface area contributed by atoms with E-state index >= 15 is 0 Å². The van der Waals surface area contributed by atoms with Crippen molar-refractivity contribution in [2.45, 2.75) is 19.3 Å². The molecule has 0 N–H and O–H groups in total. The van der Waals surface area contributed by atoms with Gasteiger partial charge in [-0.05, 0) is 48.9 Å². The lowest BCUT2D eigenvalue weighted by atomic mass is 9.88. The number of hydrogen-bond acceptors (Lipinski definition) is 7. The minimum atomic E-state index is -0.983. The predicted molar refractivity (Wildman–Crippen MR) is 98.9 cm³/mol. The Balaban J connectivity index is 1.88. The molecule has 7 heteroatoms. The fraction of sp³-hybridized carbons (Fsp3) is 0.286. The van der Waals surface area contributed by atoms with Crippen LogP contribution in [0.25, 0.3) is 0 Å². The molecule has 2 aromatic rings. The van der Waals surface area contributed by atoms with E-state index in [1.54, 1.807) is 49.4 Å². The Hall–Kier alpha value is -3.35. The normalized spacial score (nSPS) is 12.9. The Kier molecular flexibility index (Phi) is 5.93. The first-order valence-corrected chi connectivity index (χ1v) is 8.81. The first-order chi connectivity index (χ1) is 13.5. The minimum absolute atomic E-state index is 0.0743. The highest BCUT2D eigenvalue weighted by atomic mass is 16.7. The number of Topliss-reactive ketones (excluding diaryl/α,β-unsaturated/α-hetero) is 2. The molecule has 28 heavy (non-hydrogen) atoms. The van der Waals surface area contributed by atoms with Gasteiger partial charge in [-0.2, -0.15) is 0 Å². The van der Waals surface area contributed by atoms with Crippen molar-refractivity contribution < 1.29 is 33.3 Å². The van der Waals surface area contributed by atoms with Crippen molar-refractivity contribution in [1.82, 2.24) is 0 Å². The molecule has 0 saturated carbocycles.